The lowest BCUT2D eigenvalue weighted by Gasteiger charge is -2.17. The molecule has 2 unspecified atom stereocenters. The Hall–Kier alpha value is -2.71. The molecule has 2 aromatic carbocycles. The van der Waals surface area contributed by atoms with Crippen LogP contribution in [0.2, 0.25) is 5.02 Å². The molecule has 2 heterocycles. The normalized spacial score (nSPS) is 18.4. The molecule has 3 aromatic rings. The van der Waals surface area contributed by atoms with Crippen molar-refractivity contribution in [1.29, 1.82) is 0 Å². The van der Waals surface area contributed by atoms with E-state index in [1.54, 1.807) is 31.2 Å². The molecule has 0 saturated carbocycles. The molecule has 35 heavy (non-hydrogen) atoms. The zero-order valence-electron chi connectivity index (χ0n) is 20.1. The zero-order valence-corrected chi connectivity index (χ0v) is 21.7. The minimum absolute atomic E-state index is 0.00311. The number of hydrogen-bond acceptors (Lipinski definition) is 6. The Bertz CT molecular complexity index is 1290. The number of aryl methyl sites for hydroxylation is 1. The van der Waals surface area contributed by atoms with E-state index in [1.807, 2.05) is 43.0 Å². The highest BCUT2D eigenvalue weighted by Crippen LogP contribution is 2.40. The van der Waals surface area contributed by atoms with Gasteiger partial charge in [-0.3, -0.25) is 4.79 Å². The quantitative estimate of drug-likeness (QED) is 0.420. The van der Waals surface area contributed by atoms with Crippen LogP contribution in [0.5, 0.6) is 0 Å². The smallest absolute Gasteiger partial charge is 0.232 e. The topological polar surface area (TPSA) is 93.4 Å². The fourth-order valence-electron chi connectivity index (χ4n) is 4.40. The second-order valence-electron chi connectivity index (χ2n) is 9.26. The first-order chi connectivity index (χ1) is 16.7. The number of aromatic nitrogens is 2. The molecule has 1 saturated heterocycles. The Morgan fingerprint density at radius 1 is 1.14 bits per heavy atom. The number of nitrogens with zero attached hydrogens (tertiary/aromatic N) is 3. The van der Waals surface area contributed by atoms with Gasteiger partial charge in [0.05, 0.1) is 16.6 Å². The van der Waals surface area contributed by atoms with E-state index in [0.29, 0.717) is 47.6 Å². The summed E-state index contributed by atoms with van der Waals surface area (Å²) in [5.41, 5.74) is 1.96. The van der Waals surface area contributed by atoms with Crippen molar-refractivity contribution in [3.63, 3.8) is 0 Å². The van der Waals surface area contributed by atoms with E-state index >= 15 is 0 Å². The number of benzene rings is 2. The molecule has 4 rings (SSSR count). The molecular weight excluding hydrogens is 486 g/mol. The molecule has 0 radical (unpaired) electrons. The van der Waals surface area contributed by atoms with E-state index in [2.05, 4.69) is 10.1 Å². The Kier molecular flexibility index (Phi) is 7.62. The molecular formula is C26H30ClN3O4S. The van der Waals surface area contributed by atoms with Crippen LogP contribution in [0.1, 0.15) is 67.8 Å². The molecule has 0 bridgehead atoms. The van der Waals surface area contributed by atoms with Crippen LogP contribution in [0.3, 0.4) is 0 Å². The van der Waals surface area contributed by atoms with Gasteiger partial charge >= 0.3 is 0 Å². The highest BCUT2D eigenvalue weighted by molar-refractivity contribution is 7.91. The molecule has 1 fully saturated rings. The number of likely N-dealkylation sites (tertiary alicyclic amines) is 1. The van der Waals surface area contributed by atoms with Crippen molar-refractivity contribution in [2.75, 3.05) is 18.8 Å². The third-order valence-corrected chi connectivity index (χ3v) is 8.52. The number of sulfone groups is 1. The molecule has 1 aromatic heterocycles. The van der Waals surface area contributed by atoms with E-state index in [-0.39, 0.29) is 29.4 Å². The van der Waals surface area contributed by atoms with Crippen molar-refractivity contribution in [2.45, 2.75) is 56.3 Å². The summed E-state index contributed by atoms with van der Waals surface area (Å²) < 4.78 is 29.7. The number of amides is 1. The van der Waals surface area contributed by atoms with E-state index in [4.69, 9.17) is 16.1 Å². The maximum atomic E-state index is 13.2. The van der Waals surface area contributed by atoms with Crippen LogP contribution in [-0.2, 0) is 21.1 Å². The van der Waals surface area contributed by atoms with Crippen molar-refractivity contribution < 1.29 is 17.7 Å². The minimum Gasteiger partial charge on any atom is -0.341 e. The molecule has 0 N–H and O–H groups in total. The largest absolute Gasteiger partial charge is 0.341 e. The molecule has 0 aliphatic carbocycles. The maximum Gasteiger partial charge on any atom is 0.232 e. The van der Waals surface area contributed by atoms with Crippen LogP contribution in [-0.4, -0.2) is 48.2 Å². The highest BCUT2D eigenvalue weighted by Gasteiger charge is 2.40. The molecule has 1 aliphatic rings. The fraction of sp³-hybridized carbons (Fsp3) is 0.423. The van der Waals surface area contributed by atoms with Crippen molar-refractivity contribution in [3.05, 3.63) is 76.4 Å². The van der Waals surface area contributed by atoms with Gasteiger partial charge in [-0.2, -0.15) is 4.98 Å². The van der Waals surface area contributed by atoms with Crippen molar-refractivity contribution >= 4 is 27.3 Å². The summed E-state index contributed by atoms with van der Waals surface area (Å²) in [4.78, 5) is 19.9. The van der Waals surface area contributed by atoms with Gasteiger partial charge in [-0.05, 0) is 41.8 Å². The second kappa shape index (κ2) is 10.5. The minimum atomic E-state index is -3.24. The maximum absolute atomic E-state index is 13.2. The summed E-state index contributed by atoms with van der Waals surface area (Å²) >= 11 is 6.26. The lowest BCUT2D eigenvalue weighted by molar-refractivity contribution is -0.130. The number of carbonyl (C=O) groups excluding carboxylic acids is 1. The average Bonchev–Trinajstić information content (AvgIpc) is 3.50. The number of carbonyl (C=O) groups is 1. The van der Waals surface area contributed by atoms with E-state index in [9.17, 15) is 13.2 Å². The number of halogens is 1. The second-order valence-corrected chi connectivity index (χ2v) is 12.0. The predicted molar refractivity (Wildman–Crippen MR) is 134 cm³/mol. The number of hydrogen-bond donors (Lipinski definition) is 0. The van der Waals surface area contributed by atoms with Gasteiger partial charge in [0.1, 0.15) is 0 Å². The van der Waals surface area contributed by atoms with Gasteiger partial charge in [-0.15, -0.1) is 0 Å². The Morgan fingerprint density at radius 3 is 2.49 bits per heavy atom. The molecule has 186 valence electrons. The van der Waals surface area contributed by atoms with Crippen LogP contribution in [0, 0.1) is 0 Å². The van der Waals surface area contributed by atoms with Crippen LogP contribution < -0.4 is 0 Å². The highest BCUT2D eigenvalue weighted by atomic mass is 35.5. The fourth-order valence-corrected chi connectivity index (χ4v) is 5.49. The van der Waals surface area contributed by atoms with Gasteiger partial charge in [0.2, 0.25) is 11.8 Å². The first-order valence-corrected chi connectivity index (χ1v) is 13.9. The zero-order chi connectivity index (χ0) is 25.2. The van der Waals surface area contributed by atoms with Crippen molar-refractivity contribution in [3.8, 4) is 0 Å². The van der Waals surface area contributed by atoms with E-state index in [1.165, 1.54) is 0 Å². The predicted octanol–water partition coefficient (Wildman–Crippen LogP) is 4.98. The summed E-state index contributed by atoms with van der Waals surface area (Å²) in [5.74, 6) is 1.33. The standard InChI is InChI=1S/C26H30ClN3O4S/c1-4-35(32,33)21-11-8-18(9-12-21)10-13-24(31)30-15-22(19-6-5-7-20(27)14-19)23(16-30)26-28-25(17(2)3)29-34-26/h5-9,11-12,14,17,22-23H,4,10,13,15-16H2,1-3H3. The van der Waals surface area contributed by atoms with Gasteiger partial charge in [-0.25, -0.2) is 8.42 Å². The Morgan fingerprint density at radius 2 is 1.86 bits per heavy atom. The summed E-state index contributed by atoms with van der Waals surface area (Å²) in [6.45, 7) is 6.68. The Labute approximate surface area is 211 Å². The van der Waals surface area contributed by atoms with Crippen LogP contribution in [0.25, 0.3) is 0 Å². The van der Waals surface area contributed by atoms with Crippen molar-refractivity contribution in [1.82, 2.24) is 15.0 Å². The molecule has 1 amide bonds. The van der Waals surface area contributed by atoms with Gasteiger partial charge in [-0.1, -0.05) is 61.8 Å². The summed E-state index contributed by atoms with van der Waals surface area (Å²) in [7, 11) is -3.24. The van der Waals surface area contributed by atoms with Crippen molar-refractivity contribution in [2.24, 2.45) is 0 Å². The van der Waals surface area contributed by atoms with Gasteiger partial charge < -0.3 is 9.42 Å². The van der Waals surface area contributed by atoms with Crippen LogP contribution in [0.4, 0.5) is 0 Å². The average molecular weight is 516 g/mol. The monoisotopic (exact) mass is 515 g/mol. The third kappa shape index (κ3) is 5.76. The van der Waals surface area contributed by atoms with Gasteiger partial charge in [0.15, 0.2) is 15.7 Å². The van der Waals surface area contributed by atoms with Crippen LogP contribution in [0.15, 0.2) is 57.9 Å². The van der Waals surface area contributed by atoms with Gasteiger partial charge in [0, 0.05) is 36.4 Å². The van der Waals surface area contributed by atoms with E-state index < -0.39 is 9.84 Å². The van der Waals surface area contributed by atoms with Crippen LogP contribution >= 0.6 is 11.6 Å². The first-order valence-electron chi connectivity index (χ1n) is 11.9. The molecule has 1 aliphatic heterocycles. The SMILES string of the molecule is CCS(=O)(=O)c1ccc(CCC(=O)N2CC(c3cccc(Cl)c3)C(c3nc(C(C)C)no3)C2)cc1. The third-order valence-electron chi connectivity index (χ3n) is 6.53. The van der Waals surface area contributed by atoms with Gasteiger partial charge in [0.25, 0.3) is 0 Å². The lowest BCUT2D eigenvalue weighted by Crippen LogP contribution is -2.29. The molecule has 2 atom stereocenters. The summed E-state index contributed by atoms with van der Waals surface area (Å²) in [6.07, 6.45) is 0.863. The summed E-state index contributed by atoms with van der Waals surface area (Å²) in [5, 5.41) is 4.77. The number of rotatable bonds is 8. The molecule has 0 spiro atoms. The first kappa shape index (κ1) is 25.4. The molecule has 9 heteroatoms. The lowest BCUT2D eigenvalue weighted by atomic mass is 9.89. The molecule has 7 nitrogen and oxygen atoms in total. The Balaban J connectivity index is 1.48. The van der Waals surface area contributed by atoms with E-state index in [0.717, 1.165) is 11.1 Å². The summed E-state index contributed by atoms with van der Waals surface area (Å²) in [6, 6.07) is 14.5.